The molecule has 2 nitrogen and oxygen atoms in total. The standard InChI is InChI=1S/C10H14BrNO/c1-7-3-4-9(11)8(5-7)10(2,12)6-13/h3-5,13H,6,12H2,1-2H3/t10-/m1/s1. The predicted octanol–water partition coefficient (Wildman–Crippen LogP) is 1.92. The molecule has 1 aromatic rings. The van der Waals surface area contributed by atoms with E-state index in [9.17, 15) is 0 Å². The first kappa shape index (κ1) is 10.7. The third-order valence-corrected chi connectivity index (χ3v) is 2.76. The number of aliphatic hydroxyl groups is 1. The fourth-order valence-electron chi connectivity index (χ4n) is 1.16. The van der Waals surface area contributed by atoms with Crippen LogP contribution >= 0.6 is 15.9 Å². The van der Waals surface area contributed by atoms with Gasteiger partial charge in [0.2, 0.25) is 0 Å². The molecular weight excluding hydrogens is 230 g/mol. The van der Waals surface area contributed by atoms with Gasteiger partial charge < -0.3 is 10.8 Å². The van der Waals surface area contributed by atoms with Gasteiger partial charge in [-0.05, 0) is 25.5 Å². The number of aryl methyl sites for hydroxylation is 1. The minimum absolute atomic E-state index is 0.0605. The minimum Gasteiger partial charge on any atom is -0.394 e. The molecule has 0 radical (unpaired) electrons. The zero-order valence-electron chi connectivity index (χ0n) is 7.84. The summed E-state index contributed by atoms with van der Waals surface area (Å²) in [6.07, 6.45) is 0. The third-order valence-electron chi connectivity index (χ3n) is 2.07. The van der Waals surface area contributed by atoms with Gasteiger partial charge in [0.25, 0.3) is 0 Å². The normalized spacial score (nSPS) is 15.5. The van der Waals surface area contributed by atoms with Crippen LogP contribution in [0.15, 0.2) is 22.7 Å². The Labute approximate surface area is 86.9 Å². The summed E-state index contributed by atoms with van der Waals surface area (Å²) in [7, 11) is 0. The van der Waals surface area contributed by atoms with Gasteiger partial charge in [0, 0.05) is 4.47 Å². The van der Waals surface area contributed by atoms with Gasteiger partial charge in [0.05, 0.1) is 12.1 Å². The van der Waals surface area contributed by atoms with Crippen LogP contribution in [-0.2, 0) is 5.54 Å². The number of hydrogen-bond donors (Lipinski definition) is 2. The zero-order chi connectivity index (χ0) is 10.1. The average molecular weight is 244 g/mol. The Morgan fingerprint density at radius 2 is 2.15 bits per heavy atom. The first-order valence-corrected chi connectivity index (χ1v) is 4.93. The summed E-state index contributed by atoms with van der Waals surface area (Å²) in [5, 5.41) is 9.12. The summed E-state index contributed by atoms with van der Waals surface area (Å²) < 4.78 is 0.942. The van der Waals surface area contributed by atoms with Crippen molar-refractivity contribution in [1.29, 1.82) is 0 Å². The molecule has 0 aliphatic carbocycles. The number of aliphatic hydroxyl groups excluding tert-OH is 1. The Balaban J connectivity index is 3.20. The number of benzene rings is 1. The van der Waals surface area contributed by atoms with E-state index in [0.29, 0.717) is 0 Å². The lowest BCUT2D eigenvalue weighted by Crippen LogP contribution is -2.37. The van der Waals surface area contributed by atoms with Gasteiger partial charge in [-0.25, -0.2) is 0 Å². The van der Waals surface area contributed by atoms with E-state index in [-0.39, 0.29) is 6.61 Å². The second-order valence-corrected chi connectivity index (χ2v) is 4.41. The van der Waals surface area contributed by atoms with Crippen LogP contribution in [0.2, 0.25) is 0 Å². The van der Waals surface area contributed by atoms with E-state index in [1.165, 1.54) is 0 Å². The number of hydrogen-bond acceptors (Lipinski definition) is 2. The van der Waals surface area contributed by atoms with Crippen LogP contribution < -0.4 is 5.73 Å². The Bertz CT molecular complexity index is 310. The summed E-state index contributed by atoms with van der Waals surface area (Å²) >= 11 is 3.42. The van der Waals surface area contributed by atoms with Crippen molar-refractivity contribution >= 4 is 15.9 Å². The van der Waals surface area contributed by atoms with Crippen molar-refractivity contribution in [2.45, 2.75) is 19.4 Å². The van der Waals surface area contributed by atoms with Crippen molar-refractivity contribution in [2.75, 3.05) is 6.61 Å². The molecule has 0 amide bonds. The summed E-state index contributed by atoms with van der Waals surface area (Å²) in [6, 6.07) is 5.94. The van der Waals surface area contributed by atoms with Gasteiger partial charge in [-0.2, -0.15) is 0 Å². The lowest BCUT2D eigenvalue weighted by atomic mass is 9.93. The Morgan fingerprint density at radius 3 is 2.69 bits per heavy atom. The van der Waals surface area contributed by atoms with Crippen LogP contribution in [0.4, 0.5) is 0 Å². The fraction of sp³-hybridized carbons (Fsp3) is 0.400. The molecule has 0 aromatic heterocycles. The van der Waals surface area contributed by atoms with Crippen molar-refractivity contribution in [2.24, 2.45) is 5.73 Å². The van der Waals surface area contributed by atoms with E-state index in [0.717, 1.165) is 15.6 Å². The fourth-order valence-corrected chi connectivity index (χ4v) is 1.86. The van der Waals surface area contributed by atoms with E-state index in [2.05, 4.69) is 15.9 Å². The van der Waals surface area contributed by atoms with Crippen molar-refractivity contribution in [3.63, 3.8) is 0 Å². The quantitative estimate of drug-likeness (QED) is 0.834. The van der Waals surface area contributed by atoms with Crippen molar-refractivity contribution in [1.82, 2.24) is 0 Å². The molecular formula is C10H14BrNO. The second-order valence-electron chi connectivity index (χ2n) is 3.56. The van der Waals surface area contributed by atoms with E-state index >= 15 is 0 Å². The molecule has 0 fully saturated rings. The van der Waals surface area contributed by atoms with Crippen LogP contribution in [-0.4, -0.2) is 11.7 Å². The highest BCUT2D eigenvalue weighted by molar-refractivity contribution is 9.10. The van der Waals surface area contributed by atoms with Gasteiger partial charge in [-0.3, -0.25) is 0 Å². The lowest BCUT2D eigenvalue weighted by Gasteiger charge is -2.24. The SMILES string of the molecule is Cc1ccc(Br)c([C@](C)(N)CO)c1. The number of rotatable bonds is 2. The summed E-state index contributed by atoms with van der Waals surface area (Å²) in [4.78, 5) is 0. The van der Waals surface area contributed by atoms with Crippen LogP contribution in [0, 0.1) is 6.92 Å². The highest BCUT2D eigenvalue weighted by Crippen LogP contribution is 2.26. The molecule has 3 heteroatoms. The molecule has 1 aromatic carbocycles. The first-order chi connectivity index (χ1) is 5.97. The first-order valence-electron chi connectivity index (χ1n) is 4.14. The molecule has 0 bridgehead atoms. The third kappa shape index (κ3) is 2.30. The molecule has 3 N–H and O–H groups in total. The number of halogens is 1. The van der Waals surface area contributed by atoms with Crippen molar-refractivity contribution in [3.05, 3.63) is 33.8 Å². The van der Waals surface area contributed by atoms with Gasteiger partial charge in [0.1, 0.15) is 0 Å². The van der Waals surface area contributed by atoms with Gasteiger partial charge >= 0.3 is 0 Å². The van der Waals surface area contributed by atoms with Crippen LogP contribution in [0.3, 0.4) is 0 Å². The van der Waals surface area contributed by atoms with E-state index in [4.69, 9.17) is 10.8 Å². The molecule has 72 valence electrons. The van der Waals surface area contributed by atoms with Gasteiger partial charge in [-0.1, -0.05) is 33.6 Å². The van der Waals surface area contributed by atoms with E-state index in [1.54, 1.807) is 0 Å². The van der Waals surface area contributed by atoms with Gasteiger partial charge in [-0.15, -0.1) is 0 Å². The maximum absolute atomic E-state index is 9.12. The summed E-state index contributed by atoms with van der Waals surface area (Å²) in [5.74, 6) is 0. The predicted molar refractivity (Wildman–Crippen MR) is 57.5 cm³/mol. The molecule has 0 unspecified atom stereocenters. The van der Waals surface area contributed by atoms with Crippen molar-refractivity contribution < 1.29 is 5.11 Å². The van der Waals surface area contributed by atoms with E-state index in [1.807, 2.05) is 32.0 Å². The summed E-state index contributed by atoms with van der Waals surface area (Å²) in [5.41, 5.74) is 7.33. The van der Waals surface area contributed by atoms with Crippen LogP contribution in [0.1, 0.15) is 18.1 Å². The van der Waals surface area contributed by atoms with Crippen LogP contribution in [0.25, 0.3) is 0 Å². The molecule has 0 heterocycles. The Morgan fingerprint density at radius 1 is 1.54 bits per heavy atom. The highest BCUT2D eigenvalue weighted by Gasteiger charge is 2.22. The monoisotopic (exact) mass is 243 g/mol. The summed E-state index contributed by atoms with van der Waals surface area (Å²) in [6.45, 7) is 3.75. The molecule has 0 aliphatic rings. The van der Waals surface area contributed by atoms with E-state index < -0.39 is 5.54 Å². The molecule has 0 saturated heterocycles. The topological polar surface area (TPSA) is 46.2 Å². The molecule has 0 spiro atoms. The minimum atomic E-state index is -0.676. The largest absolute Gasteiger partial charge is 0.394 e. The van der Waals surface area contributed by atoms with Crippen LogP contribution in [0.5, 0.6) is 0 Å². The van der Waals surface area contributed by atoms with Crippen molar-refractivity contribution in [3.8, 4) is 0 Å². The molecule has 13 heavy (non-hydrogen) atoms. The zero-order valence-corrected chi connectivity index (χ0v) is 9.43. The maximum Gasteiger partial charge on any atom is 0.0650 e. The number of nitrogens with two attached hydrogens (primary N) is 1. The molecule has 1 rings (SSSR count). The Hall–Kier alpha value is -0.380. The molecule has 1 atom stereocenters. The maximum atomic E-state index is 9.12. The Kier molecular flexibility index (Phi) is 3.11. The molecule has 0 aliphatic heterocycles. The highest BCUT2D eigenvalue weighted by atomic mass is 79.9. The van der Waals surface area contributed by atoms with Gasteiger partial charge in [0.15, 0.2) is 0 Å². The lowest BCUT2D eigenvalue weighted by molar-refractivity contribution is 0.209. The average Bonchev–Trinajstić information content (AvgIpc) is 2.09. The molecule has 0 saturated carbocycles. The second kappa shape index (κ2) is 3.78. The smallest absolute Gasteiger partial charge is 0.0650 e.